The van der Waals surface area contributed by atoms with Gasteiger partial charge in [0.05, 0.1) is 11.9 Å². The predicted molar refractivity (Wildman–Crippen MR) is 101 cm³/mol. The molecule has 0 aliphatic heterocycles. The van der Waals surface area contributed by atoms with Crippen LogP contribution in [0.1, 0.15) is 11.1 Å². The van der Waals surface area contributed by atoms with Crippen molar-refractivity contribution in [1.29, 1.82) is 5.26 Å². The van der Waals surface area contributed by atoms with Crippen molar-refractivity contribution >= 4 is 17.9 Å². The standard InChI is InChI=1S/C18H12N8O/c19-10-14-16(12-6-2-1-3-7-12)22-18(23-17(14)27)25-21-11-13-8-4-5-9-15(13)24-26-20/h1-9,11H,(H2,22,23,25,27). The van der Waals surface area contributed by atoms with Crippen LogP contribution in [0.25, 0.3) is 21.7 Å². The Morgan fingerprint density at radius 3 is 2.67 bits per heavy atom. The lowest BCUT2D eigenvalue weighted by Gasteiger charge is -2.06. The number of hydrogen-bond acceptors (Lipinski definition) is 6. The van der Waals surface area contributed by atoms with E-state index in [4.69, 9.17) is 5.53 Å². The zero-order valence-electron chi connectivity index (χ0n) is 13.9. The monoisotopic (exact) mass is 356 g/mol. The number of nitrogens with zero attached hydrogens (tertiary/aromatic N) is 6. The van der Waals surface area contributed by atoms with Crippen LogP contribution in [0.3, 0.4) is 0 Å². The number of hydrogen-bond donors (Lipinski definition) is 2. The number of benzene rings is 2. The van der Waals surface area contributed by atoms with Gasteiger partial charge in [-0.25, -0.2) is 10.4 Å². The molecule has 130 valence electrons. The summed E-state index contributed by atoms with van der Waals surface area (Å²) >= 11 is 0. The molecule has 2 N–H and O–H groups in total. The molecule has 27 heavy (non-hydrogen) atoms. The minimum atomic E-state index is -0.571. The van der Waals surface area contributed by atoms with Crippen LogP contribution in [0.15, 0.2) is 69.6 Å². The average molecular weight is 356 g/mol. The number of azide groups is 1. The lowest BCUT2D eigenvalue weighted by molar-refractivity contribution is 1.08. The van der Waals surface area contributed by atoms with Crippen molar-refractivity contribution in [2.75, 3.05) is 5.43 Å². The summed E-state index contributed by atoms with van der Waals surface area (Å²) in [5, 5.41) is 16.8. The largest absolute Gasteiger partial charge is 0.290 e. The number of anilines is 1. The first kappa shape index (κ1) is 17.4. The van der Waals surface area contributed by atoms with Crippen LogP contribution in [0, 0.1) is 11.3 Å². The molecule has 2 aromatic carbocycles. The van der Waals surface area contributed by atoms with Crippen molar-refractivity contribution in [2.45, 2.75) is 0 Å². The van der Waals surface area contributed by atoms with Crippen LogP contribution >= 0.6 is 0 Å². The third-order valence-corrected chi connectivity index (χ3v) is 3.54. The minimum Gasteiger partial charge on any atom is -0.290 e. The van der Waals surface area contributed by atoms with Crippen LogP contribution in [0.5, 0.6) is 0 Å². The number of aromatic amines is 1. The Morgan fingerprint density at radius 2 is 1.93 bits per heavy atom. The molecular formula is C18H12N8O. The van der Waals surface area contributed by atoms with Gasteiger partial charge in [0.25, 0.3) is 5.56 Å². The number of hydrazone groups is 1. The topological polar surface area (TPSA) is 143 Å². The zero-order valence-corrected chi connectivity index (χ0v) is 13.9. The Hall–Kier alpha value is -4.41. The maximum Gasteiger partial charge on any atom is 0.270 e. The Kier molecular flexibility index (Phi) is 5.23. The number of H-pyrrole nitrogens is 1. The molecule has 1 heterocycles. The van der Waals surface area contributed by atoms with Gasteiger partial charge in [0.1, 0.15) is 11.6 Å². The molecule has 0 unspecified atom stereocenters. The van der Waals surface area contributed by atoms with E-state index in [0.717, 1.165) is 0 Å². The van der Waals surface area contributed by atoms with Gasteiger partial charge in [0, 0.05) is 21.7 Å². The van der Waals surface area contributed by atoms with E-state index in [2.05, 4.69) is 30.5 Å². The fourth-order valence-electron chi connectivity index (χ4n) is 2.33. The molecule has 3 rings (SSSR count). The van der Waals surface area contributed by atoms with Crippen LogP contribution in [-0.2, 0) is 0 Å². The molecule has 0 fully saturated rings. The Balaban J connectivity index is 1.93. The van der Waals surface area contributed by atoms with E-state index in [1.165, 1.54) is 6.21 Å². The fourth-order valence-corrected chi connectivity index (χ4v) is 2.33. The number of aromatic nitrogens is 2. The third kappa shape index (κ3) is 3.99. The van der Waals surface area contributed by atoms with Gasteiger partial charge in [-0.1, -0.05) is 59.7 Å². The van der Waals surface area contributed by atoms with E-state index >= 15 is 0 Å². The summed E-state index contributed by atoms with van der Waals surface area (Å²) in [6.45, 7) is 0. The minimum absolute atomic E-state index is 0.0790. The molecule has 0 aliphatic rings. The van der Waals surface area contributed by atoms with Gasteiger partial charge in [-0.2, -0.15) is 10.4 Å². The highest BCUT2D eigenvalue weighted by Crippen LogP contribution is 2.20. The molecule has 0 amide bonds. The molecule has 0 atom stereocenters. The number of nitrogens with one attached hydrogen (secondary N) is 2. The maximum absolute atomic E-state index is 12.2. The summed E-state index contributed by atoms with van der Waals surface area (Å²) < 4.78 is 0. The van der Waals surface area contributed by atoms with E-state index in [1.807, 2.05) is 12.1 Å². The molecule has 0 saturated heterocycles. The quantitative estimate of drug-likeness (QED) is 0.236. The lowest BCUT2D eigenvalue weighted by atomic mass is 10.1. The molecule has 0 aliphatic carbocycles. The van der Waals surface area contributed by atoms with Crippen molar-refractivity contribution in [2.24, 2.45) is 10.2 Å². The van der Waals surface area contributed by atoms with Gasteiger partial charge >= 0.3 is 0 Å². The lowest BCUT2D eigenvalue weighted by Crippen LogP contribution is -2.16. The predicted octanol–water partition coefficient (Wildman–Crippen LogP) is 3.70. The van der Waals surface area contributed by atoms with Crippen molar-refractivity contribution in [1.82, 2.24) is 9.97 Å². The van der Waals surface area contributed by atoms with E-state index < -0.39 is 5.56 Å². The molecule has 3 aromatic rings. The number of nitriles is 1. The summed E-state index contributed by atoms with van der Waals surface area (Å²) in [7, 11) is 0. The average Bonchev–Trinajstić information content (AvgIpc) is 2.70. The zero-order chi connectivity index (χ0) is 19.1. The summed E-state index contributed by atoms with van der Waals surface area (Å²) in [6.07, 6.45) is 1.43. The molecular weight excluding hydrogens is 344 g/mol. The second-order valence-electron chi connectivity index (χ2n) is 5.23. The number of rotatable bonds is 5. The second kappa shape index (κ2) is 8.11. The van der Waals surface area contributed by atoms with Crippen LogP contribution in [-0.4, -0.2) is 16.2 Å². The molecule has 1 aromatic heterocycles. The summed E-state index contributed by atoms with van der Waals surface area (Å²) in [5.41, 5.74) is 12.5. The molecule has 9 nitrogen and oxygen atoms in total. The van der Waals surface area contributed by atoms with E-state index in [1.54, 1.807) is 48.5 Å². The van der Waals surface area contributed by atoms with Gasteiger partial charge in [-0.05, 0) is 5.53 Å². The SMILES string of the molecule is N#Cc1c(-c2ccccc2)nc(NN=Cc2ccccc2N=[N+]=[N-])[nH]c1=O. The highest BCUT2D eigenvalue weighted by Gasteiger charge is 2.12. The maximum atomic E-state index is 12.2. The Bertz CT molecular complexity index is 1140. The van der Waals surface area contributed by atoms with Crippen LogP contribution < -0.4 is 11.0 Å². The van der Waals surface area contributed by atoms with Gasteiger partial charge in [-0.3, -0.25) is 9.78 Å². The van der Waals surface area contributed by atoms with Crippen molar-refractivity contribution in [3.05, 3.63) is 86.5 Å². The first-order valence-electron chi connectivity index (χ1n) is 7.76. The smallest absolute Gasteiger partial charge is 0.270 e. The summed E-state index contributed by atoms with van der Waals surface area (Å²) in [4.78, 5) is 21.7. The van der Waals surface area contributed by atoms with Crippen molar-refractivity contribution < 1.29 is 0 Å². The third-order valence-electron chi connectivity index (χ3n) is 3.54. The van der Waals surface area contributed by atoms with Gasteiger partial charge in [0.15, 0.2) is 0 Å². The Labute approximate surface area is 153 Å². The first-order valence-corrected chi connectivity index (χ1v) is 7.76. The highest BCUT2D eigenvalue weighted by molar-refractivity contribution is 5.86. The molecule has 9 heteroatoms. The van der Waals surface area contributed by atoms with Gasteiger partial charge < -0.3 is 0 Å². The molecule has 0 bridgehead atoms. The van der Waals surface area contributed by atoms with Crippen LogP contribution in [0.2, 0.25) is 0 Å². The second-order valence-corrected chi connectivity index (χ2v) is 5.23. The van der Waals surface area contributed by atoms with E-state index in [9.17, 15) is 10.1 Å². The van der Waals surface area contributed by atoms with E-state index in [-0.39, 0.29) is 17.2 Å². The van der Waals surface area contributed by atoms with Gasteiger partial charge in [-0.15, -0.1) is 0 Å². The first-order chi connectivity index (χ1) is 13.2. The van der Waals surface area contributed by atoms with Gasteiger partial charge in [0.2, 0.25) is 5.95 Å². The van der Waals surface area contributed by atoms with Crippen molar-refractivity contribution in [3.63, 3.8) is 0 Å². The Morgan fingerprint density at radius 1 is 1.19 bits per heavy atom. The van der Waals surface area contributed by atoms with E-state index in [0.29, 0.717) is 16.8 Å². The van der Waals surface area contributed by atoms with Crippen molar-refractivity contribution in [3.8, 4) is 17.3 Å². The van der Waals surface area contributed by atoms with Crippen LogP contribution in [0.4, 0.5) is 11.6 Å². The molecule has 0 spiro atoms. The molecule has 0 saturated carbocycles. The fraction of sp³-hybridized carbons (Fsp3) is 0. The summed E-state index contributed by atoms with van der Waals surface area (Å²) in [5.74, 6) is 0.0790. The summed E-state index contributed by atoms with van der Waals surface area (Å²) in [6, 6.07) is 17.7. The highest BCUT2D eigenvalue weighted by atomic mass is 16.1. The molecule has 0 radical (unpaired) electrons. The normalized spacial score (nSPS) is 10.2.